The predicted octanol–water partition coefficient (Wildman–Crippen LogP) is 3.25. The Hall–Kier alpha value is -1.10. The van der Waals surface area contributed by atoms with Crippen molar-refractivity contribution in [2.45, 2.75) is 50.9 Å². The zero-order chi connectivity index (χ0) is 13.7. The smallest absolute Gasteiger partial charge is 0.312 e. The average molecular weight is 292 g/mol. The summed E-state index contributed by atoms with van der Waals surface area (Å²) < 4.78 is 0. The maximum atomic E-state index is 11.3. The number of carbonyl (C=O) groups is 1. The molecule has 1 unspecified atom stereocenters. The molecule has 1 heterocycles. The van der Waals surface area contributed by atoms with Crippen LogP contribution in [0.2, 0.25) is 0 Å². The molecule has 3 aliphatic carbocycles. The zero-order valence-corrected chi connectivity index (χ0v) is 12.3. The molecule has 2 N–H and O–H groups in total. The van der Waals surface area contributed by atoms with Gasteiger partial charge in [-0.3, -0.25) is 4.79 Å². The van der Waals surface area contributed by atoms with E-state index in [0.717, 1.165) is 42.6 Å². The third-order valence-electron chi connectivity index (χ3n) is 5.18. The number of aryl methyl sites for hydroxylation is 1. The van der Waals surface area contributed by atoms with E-state index in [1.807, 2.05) is 0 Å². The van der Waals surface area contributed by atoms with Crippen LogP contribution in [0.5, 0.6) is 0 Å². The first kappa shape index (κ1) is 12.6. The van der Waals surface area contributed by atoms with E-state index in [-0.39, 0.29) is 5.92 Å². The van der Waals surface area contributed by atoms with Crippen LogP contribution in [-0.4, -0.2) is 22.6 Å². The fraction of sp³-hybridized carbons (Fsp3) is 0.733. The Labute approximate surface area is 122 Å². The highest BCUT2D eigenvalue weighted by atomic mass is 32.1. The molecular formula is C15H20N2O2S. The van der Waals surface area contributed by atoms with E-state index >= 15 is 0 Å². The van der Waals surface area contributed by atoms with Crippen LogP contribution in [0.4, 0.5) is 5.13 Å². The van der Waals surface area contributed by atoms with Crippen molar-refractivity contribution in [3.63, 3.8) is 0 Å². The second-order valence-corrected chi connectivity index (χ2v) is 7.68. The molecule has 2 saturated carbocycles. The van der Waals surface area contributed by atoms with Crippen LogP contribution in [0.15, 0.2) is 0 Å². The van der Waals surface area contributed by atoms with E-state index < -0.39 is 5.97 Å². The molecule has 0 saturated heterocycles. The Balaban J connectivity index is 1.48. The summed E-state index contributed by atoms with van der Waals surface area (Å²) in [6.07, 6.45) is 8.21. The lowest BCUT2D eigenvalue weighted by molar-refractivity contribution is -0.139. The monoisotopic (exact) mass is 292 g/mol. The number of thiazole rings is 1. The Morgan fingerprint density at radius 2 is 2.20 bits per heavy atom. The number of hydrogen-bond acceptors (Lipinski definition) is 4. The molecule has 4 nitrogen and oxygen atoms in total. The summed E-state index contributed by atoms with van der Waals surface area (Å²) in [4.78, 5) is 17.1. The van der Waals surface area contributed by atoms with E-state index in [2.05, 4.69) is 10.3 Å². The van der Waals surface area contributed by atoms with Crippen molar-refractivity contribution >= 4 is 22.4 Å². The Morgan fingerprint density at radius 3 is 2.85 bits per heavy atom. The molecule has 0 radical (unpaired) electrons. The summed E-state index contributed by atoms with van der Waals surface area (Å²) >= 11 is 1.67. The average Bonchev–Trinajstić information content (AvgIpc) is 3.31. The minimum absolute atomic E-state index is 0.385. The van der Waals surface area contributed by atoms with Gasteiger partial charge in [0.1, 0.15) is 5.92 Å². The lowest BCUT2D eigenvalue weighted by Crippen LogP contribution is -2.18. The van der Waals surface area contributed by atoms with Crippen LogP contribution in [0, 0.1) is 11.3 Å². The molecule has 1 aromatic rings. The molecule has 108 valence electrons. The lowest BCUT2D eigenvalue weighted by atomic mass is 9.91. The maximum absolute atomic E-state index is 11.3. The number of aromatic nitrogens is 1. The Kier molecular flexibility index (Phi) is 2.81. The molecule has 1 atom stereocenters. The first-order valence-electron chi connectivity index (χ1n) is 7.64. The van der Waals surface area contributed by atoms with Crippen molar-refractivity contribution in [2.24, 2.45) is 11.3 Å². The second-order valence-electron chi connectivity index (χ2n) is 6.60. The van der Waals surface area contributed by atoms with Gasteiger partial charge in [0.25, 0.3) is 0 Å². The van der Waals surface area contributed by atoms with Crippen LogP contribution in [-0.2, 0) is 11.2 Å². The van der Waals surface area contributed by atoms with Crippen LogP contribution >= 0.6 is 11.3 Å². The number of hydrogen-bond donors (Lipinski definition) is 2. The third kappa shape index (κ3) is 2.12. The van der Waals surface area contributed by atoms with Crippen molar-refractivity contribution in [1.29, 1.82) is 0 Å². The van der Waals surface area contributed by atoms with Gasteiger partial charge in [0.15, 0.2) is 5.13 Å². The molecule has 0 bridgehead atoms. The van der Waals surface area contributed by atoms with Gasteiger partial charge in [-0.25, -0.2) is 4.98 Å². The molecule has 1 aromatic heterocycles. The third-order valence-corrected chi connectivity index (χ3v) is 6.27. The SMILES string of the molecule is O=C(O)C1CCCc2sc(NCC3(C4CC4)CC3)nc21. The van der Waals surface area contributed by atoms with Crippen molar-refractivity contribution in [1.82, 2.24) is 4.98 Å². The number of anilines is 1. The molecule has 0 aromatic carbocycles. The molecule has 0 spiro atoms. The Bertz CT molecular complexity index is 546. The van der Waals surface area contributed by atoms with Crippen LogP contribution in [0.3, 0.4) is 0 Å². The van der Waals surface area contributed by atoms with Gasteiger partial charge in [-0.1, -0.05) is 0 Å². The van der Waals surface area contributed by atoms with E-state index in [0.29, 0.717) is 5.41 Å². The van der Waals surface area contributed by atoms with Gasteiger partial charge >= 0.3 is 5.97 Å². The van der Waals surface area contributed by atoms with E-state index in [9.17, 15) is 9.90 Å². The highest BCUT2D eigenvalue weighted by Gasteiger charge is 2.53. The standard InChI is InChI=1S/C15H20N2O2S/c18-13(19)10-2-1-3-11-12(10)17-14(20-11)16-8-15(6-7-15)9-4-5-9/h9-10H,1-8H2,(H,16,17)(H,18,19). The molecule has 0 amide bonds. The van der Waals surface area contributed by atoms with E-state index in [4.69, 9.17) is 0 Å². The molecule has 20 heavy (non-hydrogen) atoms. The van der Waals surface area contributed by atoms with Crippen molar-refractivity contribution in [3.8, 4) is 0 Å². The highest BCUT2D eigenvalue weighted by Crippen LogP contribution is 2.61. The van der Waals surface area contributed by atoms with Gasteiger partial charge in [-0.05, 0) is 56.3 Å². The van der Waals surface area contributed by atoms with E-state index in [1.165, 1.54) is 30.6 Å². The minimum atomic E-state index is -0.723. The number of aliphatic carboxylic acids is 1. The number of nitrogens with one attached hydrogen (secondary N) is 1. The quantitative estimate of drug-likeness (QED) is 0.874. The molecular weight excluding hydrogens is 272 g/mol. The van der Waals surface area contributed by atoms with Crippen molar-refractivity contribution in [3.05, 3.63) is 10.6 Å². The first-order valence-corrected chi connectivity index (χ1v) is 8.46. The van der Waals surface area contributed by atoms with Gasteiger partial charge < -0.3 is 10.4 Å². The van der Waals surface area contributed by atoms with Gasteiger partial charge in [0.2, 0.25) is 0 Å². The number of carboxylic acid groups (broad SMARTS) is 1. The molecule has 0 aliphatic heterocycles. The van der Waals surface area contributed by atoms with Crippen LogP contribution < -0.4 is 5.32 Å². The van der Waals surface area contributed by atoms with E-state index in [1.54, 1.807) is 11.3 Å². The summed E-state index contributed by atoms with van der Waals surface area (Å²) in [7, 11) is 0. The van der Waals surface area contributed by atoms with Crippen molar-refractivity contribution < 1.29 is 9.90 Å². The fourth-order valence-corrected chi connectivity index (χ4v) is 4.63. The molecule has 3 aliphatic rings. The second kappa shape index (κ2) is 4.45. The van der Waals surface area contributed by atoms with Gasteiger partial charge in [-0.2, -0.15) is 0 Å². The molecule has 2 fully saturated rings. The minimum Gasteiger partial charge on any atom is -0.481 e. The number of fused-ring (bicyclic) bond motifs is 1. The van der Waals surface area contributed by atoms with Crippen molar-refractivity contribution in [2.75, 3.05) is 11.9 Å². The summed E-state index contributed by atoms with van der Waals surface area (Å²) in [5.74, 6) is -0.167. The summed E-state index contributed by atoms with van der Waals surface area (Å²) in [5.41, 5.74) is 1.38. The van der Waals surface area contributed by atoms with Crippen LogP contribution in [0.1, 0.15) is 55.0 Å². The number of carboxylic acids is 1. The van der Waals surface area contributed by atoms with Gasteiger partial charge in [0, 0.05) is 11.4 Å². The summed E-state index contributed by atoms with van der Waals surface area (Å²) in [5, 5.41) is 13.7. The lowest BCUT2D eigenvalue weighted by Gasteiger charge is -2.16. The fourth-order valence-electron chi connectivity index (χ4n) is 3.57. The predicted molar refractivity (Wildman–Crippen MR) is 78.3 cm³/mol. The topological polar surface area (TPSA) is 62.2 Å². The van der Waals surface area contributed by atoms with Gasteiger partial charge in [0.05, 0.1) is 5.69 Å². The molecule has 5 heteroatoms. The summed E-state index contributed by atoms with van der Waals surface area (Å²) in [6, 6.07) is 0. The first-order chi connectivity index (χ1) is 9.68. The molecule has 4 rings (SSSR count). The number of nitrogens with zero attached hydrogens (tertiary/aromatic N) is 1. The zero-order valence-electron chi connectivity index (χ0n) is 11.5. The normalized spacial score (nSPS) is 26.9. The summed E-state index contributed by atoms with van der Waals surface area (Å²) in [6.45, 7) is 1.03. The maximum Gasteiger partial charge on any atom is 0.312 e. The van der Waals surface area contributed by atoms with Gasteiger partial charge in [-0.15, -0.1) is 11.3 Å². The van der Waals surface area contributed by atoms with Crippen LogP contribution in [0.25, 0.3) is 0 Å². The Morgan fingerprint density at radius 1 is 1.40 bits per heavy atom. The number of rotatable bonds is 5. The highest BCUT2D eigenvalue weighted by molar-refractivity contribution is 7.15. The largest absolute Gasteiger partial charge is 0.481 e.